The number of nitrogens with one attached hydrogen (secondary N) is 1. The van der Waals surface area contributed by atoms with Crippen LogP contribution in [-0.2, 0) is 13.1 Å². The predicted molar refractivity (Wildman–Crippen MR) is 97.5 cm³/mol. The van der Waals surface area contributed by atoms with Gasteiger partial charge in [0.05, 0.1) is 36.1 Å². The minimum absolute atomic E-state index is 0.0913. The molecule has 0 aliphatic heterocycles. The zero-order valence-electron chi connectivity index (χ0n) is 13.7. The van der Waals surface area contributed by atoms with Crippen molar-refractivity contribution in [2.45, 2.75) is 13.1 Å². The van der Waals surface area contributed by atoms with Gasteiger partial charge in [0, 0.05) is 11.9 Å². The summed E-state index contributed by atoms with van der Waals surface area (Å²) in [6.45, 7) is 1.18. The molecule has 0 saturated carbocycles. The SMILES string of the molecule is CN(Cc1cccs1)C(=O)c1cc(Cn2cnc3ccccc32)[nH]n1. The highest BCUT2D eigenvalue weighted by molar-refractivity contribution is 7.09. The van der Waals surface area contributed by atoms with Crippen molar-refractivity contribution in [1.82, 2.24) is 24.6 Å². The highest BCUT2D eigenvalue weighted by Crippen LogP contribution is 2.15. The van der Waals surface area contributed by atoms with Crippen molar-refractivity contribution in [2.75, 3.05) is 7.05 Å². The number of benzene rings is 1. The Hall–Kier alpha value is -2.93. The van der Waals surface area contributed by atoms with Gasteiger partial charge in [-0.25, -0.2) is 4.98 Å². The molecule has 3 heterocycles. The van der Waals surface area contributed by atoms with Crippen molar-refractivity contribution in [3.8, 4) is 0 Å². The van der Waals surface area contributed by atoms with Crippen LogP contribution in [0.1, 0.15) is 21.1 Å². The molecule has 0 bridgehead atoms. The standard InChI is InChI=1S/C18H17N5OS/c1-22(11-14-5-4-8-25-14)18(24)16-9-13(20-21-16)10-23-12-19-15-6-2-3-7-17(15)23/h2-9,12H,10-11H2,1H3,(H,20,21). The number of carbonyl (C=O) groups is 1. The number of fused-ring (bicyclic) bond motifs is 1. The highest BCUT2D eigenvalue weighted by atomic mass is 32.1. The number of thiophene rings is 1. The molecule has 0 atom stereocenters. The molecular weight excluding hydrogens is 334 g/mol. The van der Waals surface area contributed by atoms with Gasteiger partial charge in [0.25, 0.3) is 5.91 Å². The number of carbonyl (C=O) groups excluding carboxylic acids is 1. The van der Waals surface area contributed by atoms with Crippen LogP contribution >= 0.6 is 11.3 Å². The molecule has 0 fully saturated rings. The molecule has 7 heteroatoms. The first-order valence-corrected chi connectivity index (χ1v) is 8.80. The predicted octanol–water partition coefficient (Wildman–Crippen LogP) is 3.14. The molecule has 1 amide bonds. The summed E-state index contributed by atoms with van der Waals surface area (Å²) in [5.74, 6) is -0.0913. The number of hydrogen-bond donors (Lipinski definition) is 1. The normalized spacial score (nSPS) is 11.1. The monoisotopic (exact) mass is 351 g/mol. The molecule has 1 aromatic carbocycles. The third-order valence-corrected chi connectivity index (χ3v) is 4.90. The van der Waals surface area contributed by atoms with E-state index < -0.39 is 0 Å². The lowest BCUT2D eigenvalue weighted by molar-refractivity contribution is 0.0780. The summed E-state index contributed by atoms with van der Waals surface area (Å²) in [7, 11) is 1.79. The lowest BCUT2D eigenvalue weighted by Crippen LogP contribution is -2.26. The summed E-state index contributed by atoms with van der Waals surface area (Å²) in [5.41, 5.74) is 3.31. The summed E-state index contributed by atoms with van der Waals surface area (Å²) in [4.78, 5) is 19.7. The lowest BCUT2D eigenvalue weighted by atomic mass is 10.3. The molecule has 25 heavy (non-hydrogen) atoms. The third kappa shape index (κ3) is 3.18. The van der Waals surface area contributed by atoms with Crippen LogP contribution in [0.25, 0.3) is 11.0 Å². The van der Waals surface area contributed by atoms with Crippen molar-refractivity contribution < 1.29 is 4.79 Å². The molecule has 0 spiro atoms. The second-order valence-electron chi connectivity index (χ2n) is 5.88. The number of para-hydroxylation sites is 2. The van der Waals surface area contributed by atoms with Gasteiger partial charge in [-0.05, 0) is 29.6 Å². The van der Waals surface area contributed by atoms with Crippen LogP contribution in [0.4, 0.5) is 0 Å². The van der Waals surface area contributed by atoms with Crippen molar-refractivity contribution in [2.24, 2.45) is 0 Å². The smallest absolute Gasteiger partial charge is 0.274 e. The van der Waals surface area contributed by atoms with Gasteiger partial charge in [-0.15, -0.1) is 11.3 Å². The van der Waals surface area contributed by atoms with Crippen molar-refractivity contribution in [1.29, 1.82) is 0 Å². The molecule has 0 aliphatic rings. The van der Waals surface area contributed by atoms with E-state index >= 15 is 0 Å². The maximum absolute atomic E-state index is 12.5. The Kier molecular flexibility index (Phi) is 4.07. The molecule has 0 saturated heterocycles. The molecule has 1 N–H and O–H groups in total. The second-order valence-corrected chi connectivity index (χ2v) is 6.91. The first-order chi connectivity index (χ1) is 12.2. The molecule has 4 rings (SSSR count). The second kappa shape index (κ2) is 6.52. The molecule has 4 aromatic rings. The highest BCUT2D eigenvalue weighted by Gasteiger charge is 2.16. The summed E-state index contributed by atoms with van der Waals surface area (Å²) in [6.07, 6.45) is 1.80. The van der Waals surface area contributed by atoms with E-state index in [1.165, 1.54) is 0 Å². The molecule has 0 unspecified atom stereocenters. The van der Waals surface area contributed by atoms with Crippen LogP contribution in [0.5, 0.6) is 0 Å². The Morgan fingerprint density at radius 2 is 2.16 bits per heavy atom. The van der Waals surface area contributed by atoms with E-state index in [4.69, 9.17) is 0 Å². The minimum Gasteiger partial charge on any atom is -0.335 e. The Labute approximate surface area is 148 Å². The number of H-pyrrole nitrogens is 1. The van der Waals surface area contributed by atoms with Crippen LogP contribution in [0.15, 0.2) is 54.2 Å². The fourth-order valence-corrected chi connectivity index (χ4v) is 3.53. The lowest BCUT2D eigenvalue weighted by Gasteiger charge is -2.14. The average Bonchev–Trinajstić information content (AvgIpc) is 3.36. The van der Waals surface area contributed by atoms with Crippen LogP contribution in [0.2, 0.25) is 0 Å². The number of rotatable bonds is 5. The summed E-state index contributed by atoms with van der Waals surface area (Å²) < 4.78 is 2.03. The van der Waals surface area contributed by atoms with E-state index in [1.807, 2.05) is 52.4 Å². The fourth-order valence-electron chi connectivity index (χ4n) is 2.78. The first-order valence-electron chi connectivity index (χ1n) is 7.93. The largest absolute Gasteiger partial charge is 0.335 e. The number of hydrogen-bond acceptors (Lipinski definition) is 4. The van der Waals surface area contributed by atoms with E-state index in [9.17, 15) is 4.79 Å². The van der Waals surface area contributed by atoms with Gasteiger partial charge in [-0.1, -0.05) is 18.2 Å². The van der Waals surface area contributed by atoms with E-state index in [-0.39, 0.29) is 5.91 Å². The van der Waals surface area contributed by atoms with Crippen LogP contribution < -0.4 is 0 Å². The van der Waals surface area contributed by atoms with Crippen molar-refractivity contribution >= 4 is 28.3 Å². The summed E-state index contributed by atoms with van der Waals surface area (Å²) in [6, 6.07) is 13.8. The van der Waals surface area contributed by atoms with Gasteiger partial charge in [0.15, 0.2) is 0 Å². The van der Waals surface area contributed by atoms with Gasteiger partial charge in [0.1, 0.15) is 5.69 Å². The number of aromatic amines is 1. The minimum atomic E-state index is -0.0913. The Balaban J connectivity index is 1.49. The van der Waals surface area contributed by atoms with Crippen LogP contribution in [0.3, 0.4) is 0 Å². The number of nitrogens with zero attached hydrogens (tertiary/aromatic N) is 4. The van der Waals surface area contributed by atoms with Gasteiger partial charge in [0.2, 0.25) is 0 Å². The Morgan fingerprint density at radius 1 is 1.28 bits per heavy atom. The first kappa shape index (κ1) is 15.6. The maximum Gasteiger partial charge on any atom is 0.274 e. The molecule has 6 nitrogen and oxygen atoms in total. The molecular formula is C18H17N5OS. The van der Waals surface area contributed by atoms with Gasteiger partial charge in [-0.2, -0.15) is 5.10 Å². The van der Waals surface area contributed by atoms with Crippen molar-refractivity contribution in [3.05, 3.63) is 70.4 Å². The fraction of sp³-hybridized carbons (Fsp3) is 0.167. The van der Waals surface area contributed by atoms with Crippen LogP contribution in [0, 0.1) is 0 Å². The van der Waals surface area contributed by atoms with Gasteiger partial charge < -0.3 is 9.47 Å². The molecule has 0 aliphatic carbocycles. The van der Waals surface area contributed by atoms with Gasteiger partial charge in [-0.3, -0.25) is 9.89 Å². The quantitative estimate of drug-likeness (QED) is 0.601. The van der Waals surface area contributed by atoms with E-state index in [1.54, 1.807) is 29.6 Å². The average molecular weight is 351 g/mol. The number of aromatic nitrogens is 4. The van der Waals surface area contributed by atoms with E-state index in [2.05, 4.69) is 15.2 Å². The van der Waals surface area contributed by atoms with E-state index in [0.29, 0.717) is 18.8 Å². The van der Waals surface area contributed by atoms with Gasteiger partial charge >= 0.3 is 0 Å². The number of imidazole rings is 1. The molecule has 126 valence electrons. The zero-order chi connectivity index (χ0) is 17.2. The third-order valence-electron chi connectivity index (χ3n) is 4.04. The topological polar surface area (TPSA) is 66.8 Å². The van der Waals surface area contributed by atoms with E-state index in [0.717, 1.165) is 21.6 Å². The summed E-state index contributed by atoms with van der Waals surface area (Å²) >= 11 is 1.64. The maximum atomic E-state index is 12.5. The molecule has 3 aromatic heterocycles. The Bertz CT molecular complexity index is 1000. The number of amides is 1. The van der Waals surface area contributed by atoms with Crippen molar-refractivity contribution in [3.63, 3.8) is 0 Å². The molecule has 0 radical (unpaired) electrons. The summed E-state index contributed by atoms with van der Waals surface area (Å²) in [5, 5.41) is 9.15. The van der Waals surface area contributed by atoms with Crippen LogP contribution in [-0.4, -0.2) is 37.6 Å². The Morgan fingerprint density at radius 3 is 3.00 bits per heavy atom. The zero-order valence-corrected chi connectivity index (χ0v) is 14.5.